The number of para-hydroxylation sites is 2. The van der Waals surface area contributed by atoms with Crippen LogP contribution in [0.3, 0.4) is 0 Å². The lowest BCUT2D eigenvalue weighted by atomic mass is 10.2. The van der Waals surface area contributed by atoms with E-state index in [-0.39, 0.29) is 11.7 Å². The molecule has 1 heterocycles. The fourth-order valence-electron chi connectivity index (χ4n) is 2.49. The lowest BCUT2D eigenvalue weighted by Crippen LogP contribution is -2.33. The first-order chi connectivity index (χ1) is 12.2. The summed E-state index contributed by atoms with van der Waals surface area (Å²) in [5.74, 6) is 0.226. The number of benzene rings is 2. The molecule has 25 heavy (non-hydrogen) atoms. The maximum Gasteiger partial charge on any atom is 0.237 e. The Morgan fingerprint density at radius 3 is 2.72 bits per heavy atom. The Balaban J connectivity index is 1.71. The molecule has 3 rings (SSSR count). The number of aryl methyl sites for hydroxylation is 1. The molecule has 3 aromatic rings. The van der Waals surface area contributed by atoms with Crippen molar-refractivity contribution < 1.29 is 4.79 Å². The van der Waals surface area contributed by atoms with E-state index in [1.54, 1.807) is 4.90 Å². The van der Waals surface area contributed by atoms with Gasteiger partial charge < -0.3 is 9.88 Å². The number of H-pyrrole nitrogens is 1. The van der Waals surface area contributed by atoms with Gasteiger partial charge in [-0.1, -0.05) is 41.6 Å². The van der Waals surface area contributed by atoms with E-state index in [1.165, 1.54) is 11.8 Å². The largest absolute Gasteiger partial charge is 0.333 e. The SMILES string of the molecule is Cc1ccc(N(CCC#N)C(=O)CSc2nc3ccccc3[nH]2)cc1. The molecule has 0 spiro atoms. The molecule has 0 aliphatic carbocycles. The predicted octanol–water partition coefficient (Wildman–Crippen LogP) is 3.91. The molecule has 0 unspecified atom stereocenters. The van der Waals surface area contributed by atoms with Gasteiger partial charge in [0.2, 0.25) is 5.91 Å². The third-order valence-corrected chi connectivity index (χ3v) is 4.65. The third-order valence-electron chi connectivity index (χ3n) is 3.79. The van der Waals surface area contributed by atoms with Crippen molar-refractivity contribution in [1.82, 2.24) is 9.97 Å². The lowest BCUT2D eigenvalue weighted by Gasteiger charge is -2.21. The fraction of sp³-hybridized carbons (Fsp3) is 0.211. The summed E-state index contributed by atoms with van der Waals surface area (Å²) >= 11 is 1.37. The number of imidazole rings is 1. The van der Waals surface area contributed by atoms with Crippen LogP contribution in [0.4, 0.5) is 5.69 Å². The van der Waals surface area contributed by atoms with Gasteiger partial charge in [0.1, 0.15) is 0 Å². The normalized spacial score (nSPS) is 10.6. The Morgan fingerprint density at radius 1 is 1.24 bits per heavy atom. The molecule has 0 bridgehead atoms. The number of carbonyl (C=O) groups is 1. The number of rotatable bonds is 6. The number of fused-ring (bicyclic) bond motifs is 1. The zero-order chi connectivity index (χ0) is 17.6. The molecule has 126 valence electrons. The van der Waals surface area contributed by atoms with Crippen LogP contribution >= 0.6 is 11.8 Å². The van der Waals surface area contributed by atoms with E-state index in [0.717, 1.165) is 27.4 Å². The number of amides is 1. The van der Waals surface area contributed by atoms with Crippen molar-refractivity contribution in [2.75, 3.05) is 17.2 Å². The number of anilines is 1. The summed E-state index contributed by atoms with van der Waals surface area (Å²) in [5, 5.41) is 9.59. The lowest BCUT2D eigenvalue weighted by molar-refractivity contribution is -0.116. The smallest absolute Gasteiger partial charge is 0.237 e. The van der Waals surface area contributed by atoms with Crippen LogP contribution in [0.15, 0.2) is 53.7 Å². The maximum absolute atomic E-state index is 12.7. The minimum atomic E-state index is -0.0374. The van der Waals surface area contributed by atoms with Gasteiger partial charge in [-0.05, 0) is 31.2 Å². The van der Waals surface area contributed by atoms with Crippen LogP contribution in [0.1, 0.15) is 12.0 Å². The van der Waals surface area contributed by atoms with Crippen molar-refractivity contribution in [3.63, 3.8) is 0 Å². The molecule has 0 saturated heterocycles. The molecule has 0 fully saturated rings. The van der Waals surface area contributed by atoms with Crippen LogP contribution in [-0.2, 0) is 4.79 Å². The Hall–Kier alpha value is -2.78. The van der Waals surface area contributed by atoms with Crippen LogP contribution in [0.5, 0.6) is 0 Å². The predicted molar refractivity (Wildman–Crippen MR) is 101 cm³/mol. The first-order valence-corrected chi connectivity index (χ1v) is 8.97. The minimum absolute atomic E-state index is 0.0374. The monoisotopic (exact) mass is 350 g/mol. The highest BCUT2D eigenvalue weighted by atomic mass is 32.2. The fourth-order valence-corrected chi connectivity index (χ4v) is 3.25. The highest BCUT2D eigenvalue weighted by Crippen LogP contribution is 2.22. The second kappa shape index (κ2) is 7.86. The quantitative estimate of drug-likeness (QED) is 0.684. The molecule has 1 amide bonds. The third kappa shape index (κ3) is 4.20. The number of nitriles is 1. The average Bonchev–Trinajstić information content (AvgIpc) is 3.04. The van der Waals surface area contributed by atoms with Crippen molar-refractivity contribution in [3.05, 3.63) is 54.1 Å². The molecule has 0 radical (unpaired) electrons. The number of hydrogen-bond acceptors (Lipinski definition) is 4. The minimum Gasteiger partial charge on any atom is -0.333 e. The molecule has 0 atom stereocenters. The van der Waals surface area contributed by atoms with Gasteiger partial charge in [0.15, 0.2) is 5.16 Å². The topological polar surface area (TPSA) is 72.8 Å². The highest BCUT2D eigenvalue weighted by molar-refractivity contribution is 7.99. The van der Waals surface area contributed by atoms with E-state index in [4.69, 9.17) is 5.26 Å². The zero-order valence-corrected chi connectivity index (χ0v) is 14.7. The van der Waals surface area contributed by atoms with Gasteiger partial charge in [0.05, 0.1) is 29.3 Å². The Morgan fingerprint density at radius 2 is 2.00 bits per heavy atom. The number of nitrogens with zero attached hydrogens (tertiary/aromatic N) is 3. The van der Waals surface area contributed by atoms with Gasteiger partial charge in [-0.25, -0.2) is 4.98 Å². The van der Waals surface area contributed by atoms with Gasteiger partial charge in [0.25, 0.3) is 0 Å². The summed E-state index contributed by atoms with van der Waals surface area (Å²) in [6, 6.07) is 17.6. The van der Waals surface area contributed by atoms with Crippen molar-refractivity contribution >= 4 is 34.4 Å². The van der Waals surface area contributed by atoms with Crippen LogP contribution in [0, 0.1) is 18.3 Å². The van der Waals surface area contributed by atoms with E-state index in [0.29, 0.717) is 13.0 Å². The van der Waals surface area contributed by atoms with Crippen LogP contribution in [0.25, 0.3) is 11.0 Å². The first-order valence-electron chi connectivity index (χ1n) is 7.99. The maximum atomic E-state index is 12.7. The number of aromatic amines is 1. The second-order valence-electron chi connectivity index (χ2n) is 5.64. The van der Waals surface area contributed by atoms with Crippen molar-refractivity contribution in [3.8, 4) is 6.07 Å². The molecular formula is C19H18N4OS. The molecule has 1 aromatic heterocycles. The number of aromatic nitrogens is 2. The van der Waals surface area contributed by atoms with E-state index in [9.17, 15) is 4.79 Å². The summed E-state index contributed by atoms with van der Waals surface area (Å²) < 4.78 is 0. The van der Waals surface area contributed by atoms with Crippen LogP contribution < -0.4 is 4.90 Å². The molecule has 1 N–H and O–H groups in total. The number of thioether (sulfide) groups is 1. The summed E-state index contributed by atoms with van der Waals surface area (Å²) in [6.07, 6.45) is 0.301. The Kier molecular flexibility index (Phi) is 5.36. The zero-order valence-electron chi connectivity index (χ0n) is 13.9. The Bertz CT molecular complexity index is 878. The van der Waals surface area contributed by atoms with E-state index >= 15 is 0 Å². The van der Waals surface area contributed by atoms with E-state index in [1.807, 2.05) is 55.5 Å². The molecular weight excluding hydrogens is 332 g/mol. The van der Waals surface area contributed by atoms with Crippen molar-refractivity contribution in [1.29, 1.82) is 5.26 Å². The first kappa shape index (κ1) is 17.1. The summed E-state index contributed by atoms with van der Waals surface area (Å²) in [5.41, 5.74) is 3.79. The average molecular weight is 350 g/mol. The molecule has 0 aliphatic heterocycles. The van der Waals surface area contributed by atoms with E-state index in [2.05, 4.69) is 16.0 Å². The van der Waals surface area contributed by atoms with Crippen LogP contribution in [-0.4, -0.2) is 28.2 Å². The summed E-state index contributed by atoms with van der Waals surface area (Å²) in [6.45, 7) is 2.39. The summed E-state index contributed by atoms with van der Waals surface area (Å²) in [4.78, 5) is 22.0. The molecule has 0 aliphatic rings. The van der Waals surface area contributed by atoms with Gasteiger partial charge in [-0.3, -0.25) is 4.79 Å². The van der Waals surface area contributed by atoms with Gasteiger partial charge in [-0.2, -0.15) is 5.26 Å². The number of hydrogen-bond donors (Lipinski definition) is 1. The van der Waals surface area contributed by atoms with Gasteiger partial charge in [-0.15, -0.1) is 0 Å². The standard InChI is InChI=1S/C19H18N4OS/c1-14-7-9-15(10-8-14)23(12-4-11-20)18(24)13-25-19-21-16-5-2-3-6-17(16)22-19/h2-3,5-10H,4,12-13H2,1H3,(H,21,22). The van der Waals surface area contributed by atoms with Gasteiger partial charge >= 0.3 is 0 Å². The Labute approximate surface area is 150 Å². The molecule has 2 aromatic carbocycles. The summed E-state index contributed by atoms with van der Waals surface area (Å²) in [7, 11) is 0. The molecule has 5 nitrogen and oxygen atoms in total. The molecule has 0 saturated carbocycles. The second-order valence-corrected chi connectivity index (χ2v) is 6.60. The van der Waals surface area contributed by atoms with Gasteiger partial charge in [0, 0.05) is 12.2 Å². The van der Waals surface area contributed by atoms with Crippen molar-refractivity contribution in [2.24, 2.45) is 0 Å². The van der Waals surface area contributed by atoms with E-state index < -0.39 is 0 Å². The number of nitrogens with one attached hydrogen (secondary N) is 1. The number of carbonyl (C=O) groups excluding carboxylic acids is 1. The highest BCUT2D eigenvalue weighted by Gasteiger charge is 2.16. The molecule has 6 heteroatoms. The van der Waals surface area contributed by atoms with Crippen molar-refractivity contribution in [2.45, 2.75) is 18.5 Å². The van der Waals surface area contributed by atoms with Crippen LogP contribution in [0.2, 0.25) is 0 Å².